The average molecular weight is 230 g/mol. The second kappa shape index (κ2) is 5.18. The summed E-state index contributed by atoms with van der Waals surface area (Å²) in [6, 6.07) is 0. The van der Waals surface area contributed by atoms with Gasteiger partial charge in [-0.15, -0.1) is 0 Å². The third kappa shape index (κ3) is 2.86. The summed E-state index contributed by atoms with van der Waals surface area (Å²) in [6.45, 7) is 2.26. The standard InChI is InChI=1S/C10H18N2O2S/c11-4-8-5-12(10(13)7-14-8)6-9-2-1-3-15-9/h8-9H,1-7,11H2. The summed E-state index contributed by atoms with van der Waals surface area (Å²) >= 11 is 1.98. The fourth-order valence-electron chi connectivity index (χ4n) is 2.03. The zero-order chi connectivity index (χ0) is 10.7. The molecule has 0 aliphatic carbocycles. The molecule has 2 aliphatic heterocycles. The van der Waals surface area contributed by atoms with Gasteiger partial charge in [-0.2, -0.15) is 11.8 Å². The van der Waals surface area contributed by atoms with Crippen LogP contribution in [0.25, 0.3) is 0 Å². The molecule has 0 aromatic carbocycles. The fraction of sp³-hybridized carbons (Fsp3) is 0.900. The van der Waals surface area contributed by atoms with Gasteiger partial charge in [0.25, 0.3) is 0 Å². The molecule has 2 atom stereocenters. The number of carbonyl (C=O) groups excluding carboxylic acids is 1. The number of ether oxygens (including phenoxy) is 1. The van der Waals surface area contributed by atoms with Gasteiger partial charge in [0.05, 0.1) is 6.10 Å². The van der Waals surface area contributed by atoms with Crippen molar-refractivity contribution in [3.05, 3.63) is 0 Å². The molecule has 1 amide bonds. The van der Waals surface area contributed by atoms with Crippen LogP contribution in [0, 0.1) is 0 Å². The number of hydrogen-bond donors (Lipinski definition) is 1. The zero-order valence-electron chi connectivity index (χ0n) is 8.85. The van der Waals surface area contributed by atoms with Crippen LogP contribution in [-0.4, -0.2) is 54.2 Å². The van der Waals surface area contributed by atoms with Gasteiger partial charge in [0, 0.05) is 24.9 Å². The second-order valence-electron chi connectivity index (χ2n) is 4.10. The number of hydrogen-bond acceptors (Lipinski definition) is 4. The highest BCUT2D eigenvalue weighted by molar-refractivity contribution is 8.00. The highest BCUT2D eigenvalue weighted by Gasteiger charge is 2.28. The lowest BCUT2D eigenvalue weighted by molar-refractivity contribution is -0.148. The lowest BCUT2D eigenvalue weighted by Gasteiger charge is -2.33. The summed E-state index contributed by atoms with van der Waals surface area (Å²) in [5, 5.41) is 0.630. The minimum absolute atomic E-state index is 0.0362. The van der Waals surface area contributed by atoms with Crippen LogP contribution in [0.4, 0.5) is 0 Å². The molecule has 2 saturated heterocycles. The molecule has 2 heterocycles. The van der Waals surface area contributed by atoms with E-state index in [2.05, 4.69) is 0 Å². The zero-order valence-corrected chi connectivity index (χ0v) is 9.67. The van der Waals surface area contributed by atoms with Crippen molar-refractivity contribution in [3.63, 3.8) is 0 Å². The summed E-state index contributed by atoms with van der Waals surface area (Å²) in [5.41, 5.74) is 5.55. The molecule has 2 N–H and O–H groups in total. The molecular weight excluding hydrogens is 212 g/mol. The van der Waals surface area contributed by atoms with Crippen LogP contribution in [0.1, 0.15) is 12.8 Å². The molecule has 2 aliphatic rings. The Morgan fingerprint density at radius 3 is 3.13 bits per heavy atom. The molecule has 2 rings (SSSR count). The lowest BCUT2D eigenvalue weighted by atomic mass is 10.2. The van der Waals surface area contributed by atoms with Gasteiger partial charge in [-0.3, -0.25) is 4.79 Å². The van der Waals surface area contributed by atoms with Gasteiger partial charge in [-0.05, 0) is 18.6 Å². The Labute approximate surface area is 94.5 Å². The summed E-state index contributed by atoms with van der Waals surface area (Å²) in [7, 11) is 0. The van der Waals surface area contributed by atoms with Crippen LogP contribution in [0.3, 0.4) is 0 Å². The first-order valence-electron chi connectivity index (χ1n) is 5.50. The molecule has 4 nitrogen and oxygen atoms in total. The van der Waals surface area contributed by atoms with Gasteiger partial charge in [0.15, 0.2) is 0 Å². The van der Waals surface area contributed by atoms with Crippen molar-refractivity contribution < 1.29 is 9.53 Å². The number of nitrogens with zero attached hydrogens (tertiary/aromatic N) is 1. The second-order valence-corrected chi connectivity index (χ2v) is 5.51. The molecule has 0 bridgehead atoms. The Hall–Kier alpha value is -0.260. The molecule has 0 spiro atoms. The quantitative estimate of drug-likeness (QED) is 0.745. The Kier molecular flexibility index (Phi) is 3.88. The van der Waals surface area contributed by atoms with E-state index < -0.39 is 0 Å². The van der Waals surface area contributed by atoms with Crippen LogP contribution < -0.4 is 5.73 Å². The van der Waals surface area contributed by atoms with Crippen LogP contribution in [0.15, 0.2) is 0 Å². The average Bonchev–Trinajstić information content (AvgIpc) is 2.74. The summed E-state index contributed by atoms with van der Waals surface area (Å²) in [5.74, 6) is 1.36. The first kappa shape index (κ1) is 11.2. The Morgan fingerprint density at radius 2 is 2.47 bits per heavy atom. The van der Waals surface area contributed by atoms with Crippen LogP contribution in [0.2, 0.25) is 0 Å². The van der Waals surface area contributed by atoms with E-state index in [1.54, 1.807) is 0 Å². The van der Waals surface area contributed by atoms with E-state index in [1.807, 2.05) is 16.7 Å². The van der Waals surface area contributed by atoms with Gasteiger partial charge in [-0.25, -0.2) is 0 Å². The first-order chi connectivity index (χ1) is 7.29. The molecule has 2 unspecified atom stereocenters. The van der Waals surface area contributed by atoms with E-state index in [9.17, 15) is 4.79 Å². The molecule has 0 aromatic rings. The van der Waals surface area contributed by atoms with E-state index in [4.69, 9.17) is 10.5 Å². The normalized spacial score (nSPS) is 32.3. The first-order valence-corrected chi connectivity index (χ1v) is 6.55. The van der Waals surface area contributed by atoms with E-state index in [1.165, 1.54) is 18.6 Å². The number of thioether (sulfide) groups is 1. The van der Waals surface area contributed by atoms with E-state index in [-0.39, 0.29) is 18.6 Å². The molecular formula is C10H18N2O2S. The topological polar surface area (TPSA) is 55.6 Å². The van der Waals surface area contributed by atoms with Crippen molar-refractivity contribution in [1.82, 2.24) is 4.90 Å². The maximum atomic E-state index is 11.6. The molecule has 5 heteroatoms. The minimum Gasteiger partial charge on any atom is -0.365 e. The molecule has 86 valence electrons. The molecule has 0 radical (unpaired) electrons. The Morgan fingerprint density at radius 1 is 1.60 bits per heavy atom. The summed E-state index contributed by atoms with van der Waals surface area (Å²) in [6.07, 6.45) is 2.56. The molecule has 0 aromatic heterocycles. The predicted molar refractivity (Wildman–Crippen MR) is 60.9 cm³/mol. The lowest BCUT2D eigenvalue weighted by Crippen LogP contribution is -2.50. The maximum absolute atomic E-state index is 11.6. The van der Waals surface area contributed by atoms with Gasteiger partial charge in [0.1, 0.15) is 6.61 Å². The van der Waals surface area contributed by atoms with Gasteiger partial charge < -0.3 is 15.4 Å². The largest absolute Gasteiger partial charge is 0.365 e. The third-order valence-corrected chi connectivity index (χ3v) is 4.31. The third-order valence-electron chi connectivity index (χ3n) is 2.93. The molecule has 15 heavy (non-hydrogen) atoms. The summed E-state index contributed by atoms with van der Waals surface area (Å²) in [4.78, 5) is 13.5. The predicted octanol–water partition coefficient (Wildman–Crippen LogP) is 0.0681. The molecule has 2 fully saturated rings. The Balaban J connectivity index is 1.85. The van der Waals surface area contributed by atoms with Crippen molar-refractivity contribution in [2.24, 2.45) is 5.73 Å². The van der Waals surface area contributed by atoms with Crippen molar-refractivity contribution in [1.29, 1.82) is 0 Å². The van der Waals surface area contributed by atoms with Gasteiger partial charge >= 0.3 is 0 Å². The number of carbonyl (C=O) groups is 1. The Bertz CT molecular complexity index is 231. The smallest absolute Gasteiger partial charge is 0.248 e. The number of rotatable bonds is 3. The van der Waals surface area contributed by atoms with Crippen LogP contribution >= 0.6 is 11.8 Å². The van der Waals surface area contributed by atoms with Gasteiger partial charge in [0.2, 0.25) is 5.91 Å². The number of morpholine rings is 1. The maximum Gasteiger partial charge on any atom is 0.248 e. The summed E-state index contributed by atoms with van der Waals surface area (Å²) < 4.78 is 5.31. The van der Waals surface area contributed by atoms with Crippen molar-refractivity contribution in [2.45, 2.75) is 24.2 Å². The number of nitrogens with two attached hydrogens (primary N) is 1. The van der Waals surface area contributed by atoms with Crippen molar-refractivity contribution in [3.8, 4) is 0 Å². The van der Waals surface area contributed by atoms with Crippen LogP contribution in [-0.2, 0) is 9.53 Å². The highest BCUT2D eigenvalue weighted by Crippen LogP contribution is 2.27. The van der Waals surface area contributed by atoms with Crippen molar-refractivity contribution >= 4 is 17.7 Å². The monoisotopic (exact) mass is 230 g/mol. The van der Waals surface area contributed by atoms with Gasteiger partial charge in [-0.1, -0.05) is 0 Å². The van der Waals surface area contributed by atoms with E-state index in [0.29, 0.717) is 18.3 Å². The molecule has 0 saturated carbocycles. The fourth-order valence-corrected chi connectivity index (χ4v) is 3.32. The highest BCUT2D eigenvalue weighted by atomic mass is 32.2. The van der Waals surface area contributed by atoms with E-state index in [0.717, 1.165) is 6.54 Å². The minimum atomic E-state index is 0.0362. The van der Waals surface area contributed by atoms with E-state index >= 15 is 0 Å². The number of amides is 1. The SMILES string of the molecule is NCC1CN(CC2CCCS2)C(=O)CO1. The van der Waals surface area contributed by atoms with Crippen LogP contribution in [0.5, 0.6) is 0 Å². The van der Waals surface area contributed by atoms with Crippen molar-refractivity contribution in [2.75, 3.05) is 32.0 Å².